The van der Waals surface area contributed by atoms with E-state index in [4.69, 9.17) is 4.74 Å². The molecule has 0 N–H and O–H groups in total. The van der Waals surface area contributed by atoms with Gasteiger partial charge < -0.3 is 9.64 Å². The smallest absolute Gasteiger partial charge is 0.358 e. The van der Waals surface area contributed by atoms with Gasteiger partial charge in [0, 0.05) is 11.9 Å². The summed E-state index contributed by atoms with van der Waals surface area (Å²) in [4.78, 5) is 17.5. The third-order valence-corrected chi connectivity index (χ3v) is 3.08. The van der Waals surface area contributed by atoms with Gasteiger partial charge in [-0.25, -0.2) is 18.6 Å². The van der Waals surface area contributed by atoms with Gasteiger partial charge in [0.05, 0.1) is 13.2 Å². The van der Waals surface area contributed by atoms with Crippen LogP contribution in [0.15, 0.2) is 0 Å². The van der Waals surface area contributed by atoms with Crippen molar-refractivity contribution in [2.45, 2.75) is 20.3 Å². The quantitative estimate of drug-likeness (QED) is 0.765. The zero-order valence-electron chi connectivity index (χ0n) is 9.87. The highest BCUT2D eigenvalue weighted by Crippen LogP contribution is 2.25. The Bertz CT molecular complexity index is 396. The van der Waals surface area contributed by atoms with Crippen molar-refractivity contribution < 1.29 is 18.3 Å². The number of rotatable bonds is 5. The maximum Gasteiger partial charge on any atom is 0.358 e. The molecular formula is C10H14F2N2O2S. The fourth-order valence-corrected chi connectivity index (χ4v) is 2.09. The fraction of sp³-hybridized carbons (Fsp3) is 0.600. The van der Waals surface area contributed by atoms with E-state index < -0.39 is 18.9 Å². The Morgan fingerprint density at radius 1 is 1.59 bits per heavy atom. The second-order valence-electron chi connectivity index (χ2n) is 3.39. The second kappa shape index (κ2) is 5.90. The molecule has 0 saturated carbocycles. The molecule has 96 valence electrons. The van der Waals surface area contributed by atoms with Gasteiger partial charge in [0.25, 0.3) is 6.43 Å². The van der Waals surface area contributed by atoms with Crippen molar-refractivity contribution in [1.82, 2.24) is 4.98 Å². The minimum absolute atomic E-state index is 0.202. The number of hydrogen-bond donors (Lipinski definition) is 0. The Balaban J connectivity index is 2.84. The molecule has 0 unspecified atom stereocenters. The largest absolute Gasteiger partial charge is 0.461 e. The normalized spacial score (nSPS) is 10.7. The first-order chi connectivity index (χ1) is 7.95. The predicted octanol–water partition coefficient (Wildman–Crippen LogP) is 2.33. The molecule has 0 aliphatic carbocycles. The van der Waals surface area contributed by atoms with Crippen LogP contribution in [0.5, 0.6) is 0 Å². The highest BCUT2D eigenvalue weighted by Gasteiger charge is 2.19. The third kappa shape index (κ3) is 3.62. The van der Waals surface area contributed by atoms with E-state index in [1.165, 1.54) is 23.3 Å². The van der Waals surface area contributed by atoms with Crippen molar-refractivity contribution in [3.05, 3.63) is 10.6 Å². The van der Waals surface area contributed by atoms with E-state index in [9.17, 15) is 13.6 Å². The van der Waals surface area contributed by atoms with E-state index in [1.54, 1.807) is 13.8 Å². The first-order valence-corrected chi connectivity index (χ1v) is 5.91. The van der Waals surface area contributed by atoms with Crippen LogP contribution in [0.25, 0.3) is 0 Å². The molecule has 0 spiro atoms. The van der Waals surface area contributed by atoms with Crippen molar-refractivity contribution in [3.63, 3.8) is 0 Å². The number of carbonyl (C=O) groups excluding carboxylic acids is 1. The minimum Gasteiger partial charge on any atom is -0.461 e. The summed E-state index contributed by atoms with van der Waals surface area (Å²) in [6.45, 7) is 3.26. The summed E-state index contributed by atoms with van der Waals surface area (Å²) in [6.07, 6.45) is -2.43. The molecule has 0 fully saturated rings. The summed E-state index contributed by atoms with van der Waals surface area (Å²) in [7, 11) is 1.51. The third-order valence-electron chi connectivity index (χ3n) is 1.99. The minimum atomic E-state index is -2.43. The number of esters is 1. The lowest BCUT2D eigenvalue weighted by molar-refractivity contribution is 0.0519. The van der Waals surface area contributed by atoms with Crippen LogP contribution in [0.4, 0.5) is 13.9 Å². The van der Waals surface area contributed by atoms with Gasteiger partial charge in [-0.05, 0) is 13.8 Å². The lowest BCUT2D eigenvalue weighted by atomic mass is 10.4. The number of anilines is 1. The Kier molecular flexibility index (Phi) is 4.80. The lowest BCUT2D eigenvalue weighted by Crippen LogP contribution is -2.23. The average molecular weight is 264 g/mol. The molecule has 1 aromatic heterocycles. The molecule has 0 radical (unpaired) electrons. The van der Waals surface area contributed by atoms with E-state index in [2.05, 4.69) is 4.98 Å². The summed E-state index contributed by atoms with van der Waals surface area (Å²) in [6, 6.07) is 0. The van der Waals surface area contributed by atoms with Gasteiger partial charge in [-0.15, -0.1) is 11.3 Å². The molecule has 0 atom stereocenters. The van der Waals surface area contributed by atoms with Crippen LogP contribution in [0.3, 0.4) is 0 Å². The van der Waals surface area contributed by atoms with Crippen LogP contribution in [0.2, 0.25) is 0 Å². The zero-order chi connectivity index (χ0) is 13.0. The van der Waals surface area contributed by atoms with Crippen LogP contribution >= 0.6 is 11.3 Å². The number of ether oxygens (including phenoxy) is 1. The Morgan fingerprint density at radius 3 is 2.76 bits per heavy atom. The number of hydrogen-bond acceptors (Lipinski definition) is 5. The van der Waals surface area contributed by atoms with Gasteiger partial charge in [-0.3, -0.25) is 0 Å². The van der Waals surface area contributed by atoms with E-state index in [-0.39, 0.29) is 12.3 Å². The van der Waals surface area contributed by atoms with Crippen LogP contribution < -0.4 is 4.90 Å². The number of carbonyl (C=O) groups is 1. The van der Waals surface area contributed by atoms with E-state index >= 15 is 0 Å². The fourth-order valence-electron chi connectivity index (χ4n) is 1.22. The van der Waals surface area contributed by atoms with E-state index in [1.807, 2.05) is 0 Å². The highest BCUT2D eigenvalue weighted by atomic mass is 32.1. The molecule has 4 nitrogen and oxygen atoms in total. The van der Waals surface area contributed by atoms with Gasteiger partial charge in [0.15, 0.2) is 10.8 Å². The van der Waals surface area contributed by atoms with Crippen molar-refractivity contribution >= 4 is 22.4 Å². The molecule has 0 aromatic carbocycles. The van der Waals surface area contributed by atoms with Crippen LogP contribution in [0.1, 0.15) is 22.3 Å². The monoisotopic (exact) mass is 264 g/mol. The number of thiazole rings is 1. The average Bonchev–Trinajstić information content (AvgIpc) is 2.60. The van der Waals surface area contributed by atoms with Gasteiger partial charge >= 0.3 is 5.97 Å². The highest BCUT2D eigenvalue weighted by molar-refractivity contribution is 7.15. The molecule has 17 heavy (non-hydrogen) atoms. The molecule has 7 heteroatoms. The summed E-state index contributed by atoms with van der Waals surface area (Å²) < 4.78 is 29.2. The molecule has 1 rings (SSSR count). The summed E-state index contributed by atoms with van der Waals surface area (Å²) in [5.74, 6) is -0.516. The molecule has 0 saturated heterocycles. The molecule has 1 heterocycles. The summed E-state index contributed by atoms with van der Waals surface area (Å²) >= 11 is 1.20. The number of halogens is 2. The van der Waals surface area contributed by atoms with Crippen molar-refractivity contribution in [2.24, 2.45) is 0 Å². The summed E-state index contributed by atoms with van der Waals surface area (Å²) in [5, 5.41) is 0.394. The van der Waals surface area contributed by atoms with Crippen LogP contribution in [-0.4, -0.2) is 37.6 Å². The number of aromatic nitrogens is 1. The van der Waals surface area contributed by atoms with E-state index in [0.717, 1.165) is 0 Å². The molecule has 1 aromatic rings. The second-order valence-corrected chi connectivity index (χ2v) is 4.57. The Hall–Kier alpha value is -1.24. The first kappa shape index (κ1) is 13.8. The maximum atomic E-state index is 12.2. The lowest BCUT2D eigenvalue weighted by Gasteiger charge is -2.14. The number of nitrogens with zero attached hydrogens (tertiary/aromatic N) is 2. The molecule has 0 aliphatic rings. The van der Waals surface area contributed by atoms with Crippen molar-refractivity contribution in [3.8, 4) is 0 Å². The molecule has 0 aliphatic heterocycles. The zero-order valence-corrected chi connectivity index (χ0v) is 10.7. The number of alkyl halides is 2. The molecule has 0 bridgehead atoms. The number of aryl methyl sites for hydroxylation is 1. The standard InChI is InChI=1S/C10H14F2N2O2S/c1-4-16-9(15)8-6(2)17-10(13-8)14(3)5-7(11)12/h7H,4-5H2,1-3H3. The van der Waals surface area contributed by atoms with Crippen molar-refractivity contribution in [2.75, 3.05) is 25.1 Å². The first-order valence-electron chi connectivity index (χ1n) is 5.09. The van der Waals surface area contributed by atoms with Gasteiger partial charge in [0.2, 0.25) is 0 Å². The Labute approximate surface area is 102 Å². The SMILES string of the molecule is CCOC(=O)c1nc(N(C)CC(F)F)sc1C. The van der Waals surface area contributed by atoms with Crippen LogP contribution in [0, 0.1) is 6.92 Å². The van der Waals surface area contributed by atoms with Gasteiger partial charge in [-0.2, -0.15) is 0 Å². The van der Waals surface area contributed by atoms with E-state index in [0.29, 0.717) is 10.0 Å². The van der Waals surface area contributed by atoms with Crippen LogP contribution in [-0.2, 0) is 4.74 Å². The topological polar surface area (TPSA) is 42.4 Å². The Morgan fingerprint density at radius 2 is 2.24 bits per heavy atom. The predicted molar refractivity (Wildman–Crippen MR) is 62.1 cm³/mol. The van der Waals surface area contributed by atoms with Gasteiger partial charge in [0.1, 0.15) is 0 Å². The molecular weight excluding hydrogens is 250 g/mol. The van der Waals surface area contributed by atoms with Crippen molar-refractivity contribution in [1.29, 1.82) is 0 Å². The summed E-state index contributed by atoms with van der Waals surface area (Å²) in [5.41, 5.74) is 0.202. The van der Waals surface area contributed by atoms with Gasteiger partial charge in [-0.1, -0.05) is 0 Å². The maximum absolute atomic E-state index is 12.2. The molecule has 0 amide bonds.